The number of aromatic nitrogens is 5. The molecular weight excluding hydrogens is 1420 g/mol. The number of hydrogen-bond donors (Lipinski definition) is 20. The van der Waals surface area contributed by atoms with E-state index in [1.54, 1.807) is 88.5 Å². The van der Waals surface area contributed by atoms with Crippen molar-refractivity contribution in [3.63, 3.8) is 0 Å². The third kappa shape index (κ3) is 28.5. The van der Waals surface area contributed by atoms with E-state index in [1.807, 2.05) is 0 Å². The zero-order chi connectivity index (χ0) is 79.7. The summed E-state index contributed by atoms with van der Waals surface area (Å²) in [6, 6.07) is 0.215. The van der Waals surface area contributed by atoms with Gasteiger partial charge in [-0.1, -0.05) is 76.2 Å². The summed E-state index contributed by atoms with van der Waals surface area (Å²) in [5.41, 5.74) is 20.3. The number of rotatable bonds is 47. The topological polar surface area (TPSA) is 586 Å². The van der Waals surface area contributed by atoms with Crippen molar-refractivity contribution in [2.45, 2.75) is 190 Å². The van der Waals surface area contributed by atoms with Crippen molar-refractivity contribution < 1.29 is 82.4 Å². The second-order valence-corrected chi connectivity index (χ2v) is 27.7. The molecule has 0 spiro atoms. The smallest absolute Gasteiger partial charge is 0.326 e. The number of H-pyrrole nitrogens is 3. The van der Waals surface area contributed by atoms with Crippen LogP contribution in [0.5, 0.6) is 0 Å². The van der Waals surface area contributed by atoms with Crippen LogP contribution < -0.4 is 75.7 Å². The third-order valence-corrected chi connectivity index (χ3v) is 17.9. The van der Waals surface area contributed by atoms with E-state index in [4.69, 9.17) is 17.2 Å². The summed E-state index contributed by atoms with van der Waals surface area (Å²) in [5, 5.41) is 58.8. The van der Waals surface area contributed by atoms with Gasteiger partial charge in [-0.15, -0.1) is 0 Å². The Kier molecular flexibility index (Phi) is 35.2. The van der Waals surface area contributed by atoms with Crippen molar-refractivity contribution in [1.29, 1.82) is 0 Å². The molecule has 6 rings (SSSR count). The molecule has 0 bridgehead atoms. The first kappa shape index (κ1) is 86.7. The van der Waals surface area contributed by atoms with Crippen LogP contribution in [-0.2, 0) is 92.8 Å². The van der Waals surface area contributed by atoms with Crippen LogP contribution in [0.15, 0.2) is 85.8 Å². The number of unbranched alkanes of at least 4 members (excludes halogenated alkanes) is 2. The Bertz CT molecular complexity index is 3860. The maximum Gasteiger partial charge on any atom is 0.326 e. The average Bonchev–Trinajstić information content (AvgIpc) is 1.71. The highest BCUT2D eigenvalue weighted by Crippen LogP contribution is 2.23. The Morgan fingerprint density at radius 1 is 0.523 bits per heavy atom. The number of para-hydroxylation sites is 1. The van der Waals surface area contributed by atoms with Gasteiger partial charge < -0.3 is 111 Å². The fraction of sp³-hybridized carbons (Fsp3) is 0.528. The lowest BCUT2D eigenvalue weighted by molar-refractivity contribution is -0.144. The van der Waals surface area contributed by atoms with Gasteiger partial charge in [0.1, 0.15) is 60.4 Å². The number of aliphatic hydroxyl groups is 1. The van der Waals surface area contributed by atoms with Gasteiger partial charge in [-0.3, -0.25) is 62.3 Å². The standard InChI is InChI=1S/C72H104N20O17/c1-40(2)25-51(63(99)80-36-60(95)84-55(30-45-34-77-39-82-45)71(107)92-24-14-21-58(92)70(106)89-54(31-61(96)97)68(104)85-50(20-11-13-23-74)66(102)90-56(72(108)109)27-42-15-6-5-7-16-42)86-67(103)53(28-43-32-78-48-18-9-8-17-46(43)48)88-65(101)49(19-10-12-22-73)83-59(94)35-79-64(100)52(26-41(3)4)87-69(105)57(37-93)91-62(98)47(75)29-44-33-76-38-81-44/h5-9,15-18,32-34,38-41,47,49-58,78,93H,10-14,19-31,35-37,73-75H2,1-4H3,(H,76,81)(H,77,82)(H,79,100)(H,80,99)(H,83,94)(H,84,95)(H,85,104)(H,86,103)(H,87,105)(H,88,101)(H,89,106)(H,90,102)(H,91,98)(H,96,97)(H,108,109)/t47-,49-,50-,51-,52-,53-,54-,55-,56-,57-,58-/m0/s1. The number of carbonyl (C=O) groups is 14. The lowest BCUT2D eigenvalue weighted by Crippen LogP contribution is -2.59. The molecule has 5 aromatic rings. The molecule has 11 atom stereocenters. The van der Waals surface area contributed by atoms with Crippen LogP contribution in [-0.4, -0.2) is 234 Å². The number of nitrogens with zero attached hydrogens (tertiary/aromatic N) is 3. The van der Waals surface area contributed by atoms with E-state index in [-0.39, 0.29) is 102 Å². The van der Waals surface area contributed by atoms with Crippen LogP contribution in [0, 0.1) is 11.8 Å². The zero-order valence-electron chi connectivity index (χ0n) is 61.6. The third-order valence-electron chi connectivity index (χ3n) is 17.9. The molecular formula is C72H104N20O17. The number of carbonyl (C=O) groups excluding carboxylic acids is 12. The lowest BCUT2D eigenvalue weighted by Gasteiger charge is -2.30. The van der Waals surface area contributed by atoms with E-state index in [0.29, 0.717) is 52.7 Å². The molecule has 0 saturated carbocycles. The maximum absolute atomic E-state index is 14.8. The summed E-state index contributed by atoms with van der Waals surface area (Å²) in [6.07, 6.45) is 7.56. The van der Waals surface area contributed by atoms with Crippen molar-refractivity contribution in [3.8, 4) is 0 Å². The van der Waals surface area contributed by atoms with Crippen LogP contribution in [0.1, 0.15) is 121 Å². The van der Waals surface area contributed by atoms with Gasteiger partial charge in [0.15, 0.2) is 0 Å². The summed E-state index contributed by atoms with van der Waals surface area (Å²) in [7, 11) is 0. The molecule has 1 fully saturated rings. The second-order valence-electron chi connectivity index (χ2n) is 27.7. The van der Waals surface area contributed by atoms with Gasteiger partial charge in [-0.2, -0.15) is 0 Å². The van der Waals surface area contributed by atoms with Crippen LogP contribution >= 0.6 is 0 Å². The monoisotopic (exact) mass is 1520 g/mol. The van der Waals surface area contributed by atoms with Gasteiger partial charge in [0.05, 0.1) is 44.8 Å². The predicted molar refractivity (Wildman–Crippen MR) is 395 cm³/mol. The fourth-order valence-corrected chi connectivity index (χ4v) is 12.3. The summed E-state index contributed by atoms with van der Waals surface area (Å²) in [6.45, 7) is 5.19. The molecule has 37 heteroatoms. The summed E-state index contributed by atoms with van der Waals surface area (Å²) >= 11 is 0. The summed E-state index contributed by atoms with van der Waals surface area (Å²) in [5.74, 6) is -13.8. The van der Waals surface area contributed by atoms with E-state index in [2.05, 4.69) is 83.4 Å². The second kappa shape index (κ2) is 44.2. The molecule has 1 saturated heterocycles. The number of nitrogens with one attached hydrogen (secondary N) is 14. The maximum atomic E-state index is 14.8. The minimum absolute atomic E-state index is 0.000160. The molecule has 594 valence electrons. The minimum atomic E-state index is -1.81. The van der Waals surface area contributed by atoms with Crippen LogP contribution in [0.25, 0.3) is 10.9 Å². The molecule has 12 amide bonds. The number of hydrogen-bond acceptors (Lipinski definition) is 20. The number of carboxylic acids is 2. The van der Waals surface area contributed by atoms with Gasteiger partial charge in [-0.25, -0.2) is 14.8 Å². The van der Waals surface area contributed by atoms with Crippen LogP contribution in [0.4, 0.5) is 0 Å². The highest BCUT2D eigenvalue weighted by molar-refractivity contribution is 6.00. The molecule has 23 N–H and O–H groups in total. The van der Waals surface area contributed by atoms with Gasteiger partial charge in [0.25, 0.3) is 0 Å². The number of likely N-dealkylation sites (tertiary alicyclic amines) is 1. The van der Waals surface area contributed by atoms with Gasteiger partial charge in [0.2, 0.25) is 70.9 Å². The number of benzene rings is 2. The van der Waals surface area contributed by atoms with Gasteiger partial charge in [0, 0.05) is 73.1 Å². The largest absolute Gasteiger partial charge is 0.481 e. The Morgan fingerprint density at radius 2 is 1.02 bits per heavy atom. The zero-order valence-corrected chi connectivity index (χ0v) is 61.6. The number of aliphatic hydroxyl groups excluding tert-OH is 1. The number of amides is 12. The van der Waals surface area contributed by atoms with Crippen LogP contribution in [0.2, 0.25) is 0 Å². The van der Waals surface area contributed by atoms with E-state index >= 15 is 0 Å². The number of imidazole rings is 2. The Balaban J connectivity index is 1.13. The molecule has 37 nitrogen and oxygen atoms in total. The molecule has 0 unspecified atom stereocenters. The molecule has 3 aromatic heterocycles. The van der Waals surface area contributed by atoms with Gasteiger partial charge >= 0.3 is 11.9 Å². The van der Waals surface area contributed by atoms with E-state index in [9.17, 15) is 82.4 Å². The fourth-order valence-electron chi connectivity index (χ4n) is 12.3. The predicted octanol–water partition coefficient (Wildman–Crippen LogP) is -3.30. The van der Waals surface area contributed by atoms with Gasteiger partial charge in [-0.05, 0) is 106 Å². The number of carboxylic acid groups (broad SMARTS) is 2. The highest BCUT2D eigenvalue weighted by atomic mass is 16.4. The number of fused-ring (bicyclic) bond motifs is 1. The minimum Gasteiger partial charge on any atom is -0.481 e. The first-order chi connectivity index (χ1) is 52.1. The summed E-state index contributed by atoms with van der Waals surface area (Å²) < 4.78 is 0. The lowest BCUT2D eigenvalue weighted by atomic mass is 10.00. The molecule has 4 heterocycles. The van der Waals surface area contributed by atoms with Crippen molar-refractivity contribution in [2.24, 2.45) is 29.0 Å². The Labute approximate surface area is 629 Å². The van der Waals surface area contributed by atoms with E-state index in [0.717, 1.165) is 4.90 Å². The number of aromatic amines is 3. The SMILES string of the molecule is CC(C)C[C@H](NC(=O)[C@H](Cc1c[nH]c2ccccc12)NC(=O)[C@H](CCCCN)NC(=O)CNC(=O)[C@H](CC(C)C)NC(=O)[C@H](CO)NC(=O)[C@@H](N)Cc1cnc[nH]1)C(=O)NCC(=O)N[C@@H](Cc1cnc[nH]1)C(=O)N1CCC[C@H]1C(=O)N[C@@H](CC(=O)O)C(=O)N[C@@H](CCCCN)C(=O)N[C@@H](Cc1ccccc1)C(=O)O. The quantitative estimate of drug-likeness (QED) is 0.0170. The molecule has 0 aliphatic carbocycles. The first-order valence-corrected chi connectivity index (χ1v) is 36.4. The Morgan fingerprint density at radius 3 is 1.56 bits per heavy atom. The van der Waals surface area contributed by atoms with E-state index in [1.165, 1.54) is 25.0 Å². The van der Waals surface area contributed by atoms with Crippen molar-refractivity contribution in [3.05, 3.63) is 108 Å². The molecule has 109 heavy (non-hydrogen) atoms. The van der Waals surface area contributed by atoms with Crippen molar-refractivity contribution in [2.75, 3.05) is 39.3 Å². The van der Waals surface area contributed by atoms with E-state index < -0.39 is 175 Å². The first-order valence-electron chi connectivity index (χ1n) is 36.4. The highest BCUT2D eigenvalue weighted by Gasteiger charge is 2.41. The molecule has 1 aliphatic rings. The molecule has 0 radical (unpaired) electrons. The average molecular weight is 1520 g/mol. The molecule has 1 aliphatic heterocycles. The summed E-state index contributed by atoms with van der Waals surface area (Å²) in [4.78, 5) is 211. The van der Waals surface area contributed by atoms with Crippen molar-refractivity contribution in [1.82, 2.24) is 88.3 Å². The normalized spacial score (nSPS) is 15.4. The van der Waals surface area contributed by atoms with Crippen molar-refractivity contribution >= 4 is 93.7 Å². The number of nitrogens with two attached hydrogens (primary N) is 3. The number of aliphatic carboxylic acids is 2. The molecule has 2 aromatic carbocycles. The Hall–Kier alpha value is -11.2. The van der Waals surface area contributed by atoms with Crippen LogP contribution in [0.3, 0.4) is 0 Å².